The van der Waals surface area contributed by atoms with Crippen molar-refractivity contribution < 1.29 is 9.59 Å². The Kier molecular flexibility index (Phi) is 4.35. The smallest absolute Gasteiger partial charge is 0.227 e. The number of ketones is 1. The van der Waals surface area contributed by atoms with Gasteiger partial charge in [-0.05, 0) is 44.9 Å². The summed E-state index contributed by atoms with van der Waals surface area (Å²) < 4.78 is 0. The first-order valence-electron chi connectivity index (χ1n) is 7.97. The third-order valence-corrected chi connectivity index (χ3v) is 5.35. The van der Waals surface area contributed by atoms with Crippen LogP contribution in [0.5, 0.6) is 0 Å². The first kappa shape index (κ1) is 15.9. The molecule has 2 aromatic rings. The summed E-state index contributed by atoms with van der Waals surface area (Å²) in [6.07, 6.45) is 1.44. The van der Waals surface area contributed by atoms with E-state index in [9.17, 15) is 9.59 Å². The van der Waals surface area contributed by atoms with E-state index in [1.54, 1.807) is 11.3 Å². The van der Waals surface area contributed by atoms with Gasteiger partial charge in [0.15, 0.2) is 5.78 Å². The van der Waals surface area contributed by atoms with E-state index >= 15 is 0 Å². The minimum Gasteiger partial charge on any atom is -0.309 e. The van der Waals surface area contributed by atoms with Crippen LogP contribution in [-0.4, -0.2) is 17.7 Å². The highest BCUT2D eigenvalue weighted by atomic mass is 32.1. The number of Topliss-reactive ketones (excluding diaryl/α,β-unsaturated/α-hetero) is 1. The first-order chi connectivity index (χ1) is 11.0. The summed E-state index contributed by atoms with van der Waals surface area (Å²) in [6.45, 7) is 6.03. The molecule has 0 saturated carbocycles. The van der Waals surface area contributed by atoms with Gasteiger partial charge in [0.05, 0.1) is 0 Å². The maximum Gasteiger partial charge on any atom is 0.227 e. The van der Waals surface area contributed by atoms with Crippen LogP contribution in [0.25, 0.3) is 0 Å². The zero-order chi connectivity index (χ0) is 16.6. The van der Waals surface area contributed by atoms with Crippen LogP contribution >= 0.6 is 11.3 Å². The van der Waals surface area contributed by atoms with Crippen molar-refractivity contribution in [3.8, 4) is 0 Å². The van der Waals surface area contributed by atoms with Gasteiger partial charge in [-0.2, -0.15) is 0 Å². The Morgan fingerprint density at radius 1 is 1.22 bits per heavy atom. The van der Waals surface area contributed by atoms with Gasteiger partial charge < -0.3 is 4.90 Å². The van der Waals surface area contributed by atoms with E-state index < -0.39 is 0 Å². The molecule has 0 N–H and O–H groups in total. The average Bonchev–Trinajstić information content (AvgIpc) is 3.02. The predicted molar refractivity (Wildman–Crippen MR) is 94.5 cm³/mol. The second kappa shape index (κ2) is 6.28. The molecular formula is C19H21NO2S. The van der Waals surface area contributed by atoms with Gasteiger partial charge in [0, 0.05) is 39.9 Å². The molecule has 1 aliphatic heterocycles. The quantitative estimate of drug-likeness (QED) is 0.785. The van der Waals surface area contributed by atoms with Crippen LogP contribution in [0, 0.1) is 13.8 Å². The molecule has 1 amide bonds. The van der Waals surface area contributed by atoms with Crippen LogP contribution in [0.2, 0.25) is 0 Å². The Bertz CT molecular complexity index is 762. The van der Waals surface area contributed by atoms with E-state index in [0.717, 1.165) is 27.4 Å². The molecule has 1 atom stereocenters. The van der Waals surface area contributed by atoms with Crippen LogP contribution in [0.3, 0.4) is 0 Å². The number of fused-ring (bicyclic) bond motifs is 1. The molecule has 1 aliphatic rings. The van der Waals surface area contributed by atoms with Gasteiger partial charge in [-0.1, -0.05) is 18.2 Å². The number of carbonyl (C=O) groups is 2. The maximum absolute atomic E-state index is 12.6. The number of anilines is 1. The van der Waals surface area contributed by atoms with Crippen LogP contribution in [0.4, 0.5) is 5.69 Å². The lowest BCUT2D eigenvalue weighted by Gasteiger charge is -2.22. The largest absolute Gasteiger partial charge is 0.309 e. The number of hydrogen-bond donors (Lipinski definition) is 0. The van der Waals surface area contributed by atoms with Crippen molar-refractivity contribution in [3.05, 3.63) is 51.2 Å². The third kappa shape index (κ3) is 3.08. The summed E-state index contributed by atoms with van der Waals surface area (Å²) >= 11 is 1.63. The monoisotopic (exact) mass is 327 g/mol. The van der Waals surface area contributed by atoms with Gasteiger partial charge in [0.2, 0.25) is 5.91 Å². The van der Waals surface area contributed by atoms with Crippen molar-refractivity contribution in [1.82, 2.24) is 0 Å². The molecule has 0 saturated heterocycles. The third-order valence-electron chi connectivity index (χ3n) is 4.38. The van der Waals surface area contributed by atoms with Crippen molar-refractivity contribution in [1.29, 1.82) is 0 Å². The van der Waals surface area contributed by atoms with E-state index in [1.807, 2.05) is 43.0 Å². The van der Waals surface area contributed by atoms with Crippen LogP contribution < -0.4 is 4.90 Å². The SMILES string of the molecule is Cc1cc(C(=O)CCC(=O)N2c3ccccc3C[C@@H]2C)c(C)s1. The molecule has 3 nitrogen and oxygen atoms in total. The molecule has 1 aromatic heterocycles. The molecule has 0 unspecified atom stereocenters. The van der Waals surface area contributed by atoms with Gasteiger partial charge in [-0.25, -0.2) is 0 Å². The van der Waals surface area contributed by atoms with Crippen molar-refractivity contribution >= 4 is 28.7 Å². The highest BCUT2D eigenvalue weighted by Gasteiger charge is 2.30. The lowest BCUT2D eigenvalue weighted by molar-refractivity contribution is -0.118. The number of carbonyl (C=O) groups excluding carboxylic acids is 2. The summed E-state index contributed by atoms with van der Waals surface area (Å²) in [7, 11) is 0. The highest BCUT2D eigenvalue weighted by molar-refractivity contribution is 7.12. The molecular weight excluding hydrogens is 306 g/mol. The Hall–Kier alpha value is -1.94. The molecule has 120 valence electrons. The molecule has 0 spiro atoms. The van der Waals surface area contributed by atoms with Gasteiger partial charge in [0.25, 0.3) is 0 Å². The Labute approximate surface area is 140 Å². The van der Waals surface area contributed by atoms with Gasteiger partial charge in [-0.3, -0.25) is 9.59 Å². The van der Waals surface area contributed by atoms with Crippen LogP contribution in [0.15, 0.2) is 30.3 Å². The number of aryl methyl sites for hydroxylation is 2. The fourth-order valence-corrected chi connectivity index (χ4v) is 4.27. The molecule has 0 radical (unpaired) electrons. The Morgan fingerprint density at radius 3 is 2.65 bits per heavy atom. The zero-order valence-corrected chi connectivity index (χ0v) is 14.6. The highest BCUT2D eigenvalue weighted by Crippen LogP contribution is 2.32. The average molecular weight is 327 g/mol. The molecule has 23 heavy (non-hydrogen) atoms. The fraction of sp³-hybridized carbons (Fsp3) is 0.368. The summed E-state index contributed by atoms with van der Waals surface area (Å²) in [4.78, 5) is 29.0. The standard InChI is InChI=1S/C19H21NO2S/c1-12-10-15-6-4-5-7-17(15)20(12)19(22)9-8-18(21)16-11-13(2)23-14(16)3/h4-7,11-12H,8-10H2,1-3H3/t12-/m0/s1. The topological polar surface area (TPSA) is 37.4 Å². The molecule has 4 heteroatoms. The Morgan fingerprint density at radius 2 is 1.96 bits per heavy atom. The summed E-state index contributed by atoms with van der Waals surface area (Å²) in [6, 6.07) is 10.1. The van der Waals surface area contributed by atoms with Crippen molar-refractivity contribution in [2.75, 3.05) is 4.90 Å². The van der Waals surface area contributed by atoms with Crippen molar-refractivity contribution in [2.45, 2.75) is 46.1 Å². The van der Waals surface area contributed by atoms with Crippen LogP contribution in [-0.2, 0) is 11.2 Å². The lowest BCUT2D eigenvalue weighted by Crippen LogP contribution is -2.35. The fourth-order valence-electron chi connectivity index (χ4n) is 3.33. The molecule has 0 bridgehead atoms. The number of para-hydroxylation sites is 1. The van der Waals surface area contributed by atoms with E-state index in [2.05, 4.69) is 13.0 Å². The van der Waals surface area contributed by atoms with Gasteiger partial charge >= 0.3 is 0 Å². The minimum absolute atomic E-state index is 0.0420. The molecule has 1 aromatic carbocycles. The normalized spacial score (nSPS) is 16.5. The maximum atomic E-state index is 12.6. The molecule has 0 fully saturated rings. The van der Waals surface area contributed by atoms with Crippen molar-refractivity contribution in [3.63, 3.8) is 0 Å². The predicted octanol–water partition coefficient (Wildman–Crippen LogP) is 4.31. The Balaban J connectivity index is 1.68. The van der Waals surface area contributed by atoms with E-state index in [1.165, 1.54) is 5.56 Å². The number of thiophene rings is 1. The van der Waals surface area contributed by atoms with Gasteiger partial charge in [0.1, 0.15) is 0 Å². The summed E-state index contributed by atoms with van der Waals surface area (Å²) in [5.74, 6) is 0.112. The van der Waals surface area contributed by atoms with Gasteiger partial charge in [-0.15, -0.1) is 11.3 Å². The number of amides is 1. The summed E-state index contributed by atoms with van der Waals surface area (Å²) in [5.41, 5.74) is 2.99. The number of hydrogen-bond acceptors (Lipinski definition) is 3. The van der Waals surface area contributed by atoms with Crippen LogP contribution in [0.1, 0.15) is 45.4 Å². The van der Waals surface area contributed by atoms with E-state index in [0.29, 0.717) is 0 Å². The van der Waals surface area contributed by atoms with E-state index in [-0.39, 0.29) is 30.6 Å². The minimum atomic E-state index is 0.0420. The first-order valence-corrected chi connectivity index (χ1v) is 8.79. The molecule has 3 rings (SSSR count). The molecule has 2 heterocycles. The second-order valence-electron chi connectivity index (χ2n) is 6.20. The number of benzene rings is 1. The summed E-state index contributed by atoms with van der Waals surface area (Å²) in [5, 5.41) is 0. The second-order valence-corrected chi connectivity index (χ2v) is 7.66. The lowest BCUT2D eigenvalue weighted by atomic mass is 10.1. The van der Waals surface area contributed by atoms with Crippen molar-refractivity contribution in [2.24, 2.45) is 0 Å². The number of nitrogens with zero attached hydrogens (tertiary/aromatic N) is 1. The zero-order valence-electron chi connectivity index (χ0n) is 13.8. The number of rotatable bonds is 4. The molecule has 0 aliphatic carbocycles. The van der Waals surface area contributed by atoms with E-state index in [4.69, 9.17) is 0 Å².